The lowest BCUT2D eigenvalue weighted by molar-refractivity contribution is -0.171. The number of hydrogen-bond donors (Lipinski definition) is 0. The molecule has 65 heavy (non-hydrogen) atoms. The molecular formula is C52H85FN2O8Si2. The zero-order valence-corrected chi connectivity index (χ0v) is 45.4. The molecule has 5 atom stereocenters. The molecule has 0 spiro atoms. The minimum Gasteiger partial charge on any atom is -0.459 e. The average Bonchev–Trinajstić information content (AvgIpc) is 3.66. The second-order valence-corrected chi connectivity index (χ2v) is 33.2. The molecule has 0 aliphatic carbocycles. The van der Waals surface area contributed by atoms with Gasteiger partial charge in [0, 0.05) is 32.7 Å². The van der Waals surface area contributed by atoms with Crippen molar-refractivity contribution in [2.45, 2.75) is 195 Å². The van der Waals surface area contributed by atoms with Crippen molar-refractivity contribution in [3.63, 3.8) is 0 Å². The van der Waals surface area contributed by atoms with Crippen LogP contribution in [0.25, 0.3) is 0 Å². The molecule has 2 fully saturated rings. The molecule has 0 radical (unpaired) electrons. The Hall–Kier alpha value is -3.40. The summed E-state index contributed by atoms with van der Waals surface area (Å²) < 4.78 is 39.8. The second-order valence-electron chi connectivity index (χ2n) is 23.6. The summed E-state index contributed by atoms with van der Waals surface area (Å²) in [5, 5.41) is 0.199. The van der Waals surface area contributed by atoms with Gasteiger partial charge in [0.05, 0.1) is 17.5 Å². The number of rotatable bonds is 16. The Morgan fingerprint density at radius 3 is 1.46 bits per heavy atom. The summed E-state index contributed by atoms with van der Waals surface area (Å²) in [6.45, 7) is 38.2. The van der Waals surface area contributed by atoms with E-state index >= 15 is 4.39 Å². The van der Waals surface area contributed by atoms with Gasteiger partial charge in [-0.15, -0.1) is 0 Å². The molecule has 0 bridgehead atoms. The molecule has 2 saturated heterocycles. The van der Waals surface area contributed by atoms with E-state index in [1.165, 1.54) is 4.90 Å². The maximum Gasteiger partial charge on any atom is 0.317 e. The van der Waals surface area contributed by atoms with Crippen LogP contribution in [0.2, 0.25) is 36.3 Å². The summed E-state index contributed by atoms with van der Waals surface area (Å²) in [6.07, 6.45) is 0.243. The fourth-order valence-electron chi connectivity index (χ4n) is 7.74. The van der Waals surface area contributed by atoms with E-state index < -0.39 is 56.7 Å². The summed E-state index contributed by atoms with van der Waals surface area (Å²) in [5.74, 6) is -1.56. The van der Waals surface area contributed by atoms with Crippen LogP contribution in [-0.4, -0.2) is 93.9 Å². The number of esters is 2. The highest BCUT2D eigenvalue weighted by Crippen LogP contribution is 2.45. The van der Waals surface area contributed by atoms with Crippen molar-refractivity contribution in [3.05, 3.63) is 71.8 Å². The number of alkyl halides is 1. The third-order valence-electron chi connectivity index (χ3n) is 14.0. The summed E-state index contributed by atoms with van der Waals surface area (Å²) in [4.78, 5) is 56.1. The van der Waals surface area contributed by atoms with Gasteiger partial charge in [-0.1, -0.05) is 102 Å². The first kappa shape index (κ1) is 55.9. The fraction of sp³-hybridized carbons (Fsp3) is 0.692. The van der Waals surface area contributed by atoms with Crippen molar-refractivity contribution in [1.29, 1.82) is 0 Å². The quantitative estimate of drug-likeness (QED) is 0.0929. The van der Waals surface area contributed by atoms with Gasteiger partial charge in [-0.25, -0.2) is 4.39 Å². The molecule has 2 aliphatic heterocycles. The van der Waals surface area contributed by atoms with Crippen LogP contribution in [0, 0.1) is 10.8 Å². The smallest absolute Gasteiger partial charge is 0.317 e. The Morgan fingerprint density at radius 2 is 1.05 bits per heavy atom. The van der Waals surface area contributed by atoms with Crippen LogP contribution in [-0.2, 0) is 37.5 Å². The monoisotopic (exact) mass is 941 g/mol. The minimum atomic E-state index is -1.96. The molecule has 2 aromatic carbocycles. The van der Waals surface area contributed by atoms with Crippen molar-refractivity contribution in [2.24, 2.45) is 10.8 Å². The van der Waals surface area contributed by atoms with Crippen LogP contribution < -0.4 is 0 Å². The number of amides is 2. The highest BCUT2D eigenvalue weighted by atomic mass is 28.4. The number of carbonyl (C=O) groups excluding carboxylic acids is 4. The number of carbonyl (C=O) groups is 4. The van der Waals surface area contributed by atoms with Gasteiger partial charge in [0.25, 0.3) is 5.91 Å². The van der Waals surface area contributed by atoms with E-state index in [1.54, 1.807) is 20.8 Å². The van der Waals surface area contributed by atoms with Crippen LogP contribution in [0.15, 0.2) is 60.7 Å². The molecule has 2 aromatic rings. The van der Waals surface area contributed by atoms with Crippen molar-refractivity contribution in [3.8, 4) is 0 Å². The summed E-state index contributed by atoms with van der Waals surface area (Å²) in [7, 11) is -3.82. The first-order valence-corrected chi connectivity index (χ1v) is 29.5. The Kier molecular flexibility index (Phi) is 18.3. The van der Waals surface area contributed by atoms with Gasteiger partial charge in [0.2, 0.25) is 5.91 Å². The average molecular weight is 941 g/mol. The summed E-state index contributed by atoms with van der Waals surface area (Å²) in [5.41, 5.74) is -1.76. The lowest BCUT2D eigenvalue weighted by Gasteiger charge is -2.37. The number of halogens is 1. The molecule has 10 nitrogen and oxygen atoms in total. The molecule has 2 amide bonds. The van der Waals surface area contributed by atoms with Crippen LogP contribution in [0.1, 0.15) is 152 Å². The van der Waals surface area contributed by atoms with Gasteiger partial charge in [-0.05, 0) is 128 Å². The zero-order valence-electron chi connectivity index (χ0n) is 43.4. The molecule has 2 heterocycles. The molecule has 4 rings (SSSR count). The van der Waals surface area contributed by atoms with Gasteiger partial charge >= 0.3 is 11.9 Å². The van der Waals surface area contributed by atoms with E-state index in [2.05, 4.69) is 67.7 Å². The van der Waals surface area contributed by atoms with Gasteiger partial charge in [0.15, 0.2) is 22.8 Å². The molecule has 366 valence electrons. The first-order valence-electron chi connectivity index (χ1n) is 23.7. The Bertz CT molecular complexity index is 1900. The molecule has 2 aliphatic rings. The van der Waals surface area contributed by atoms with Gasteiger partial charge in [-0.2, -0.15) is 0 Å². The Morgan fingerprint density at radius 1 is 0.646 bits per heavy atom. The molecule has 0 aromatic heterocycles. The number of likely N-dealkylation sites (tertiary alicyclic amines) is 2. The van der Waals surface area contributed by atoms with Gasteiger partial charge in [-0.3, -0.25) is 19.2 Å². The SMILES string of the molecule is C[C@H](c1ccccc1)N1C[C@@](CCCO[Si](C)(C)C(C)(C)C)(C(=O)OC(C)(C)C)C(F)C1=O.C[C@H](c1ccccc1)N1C[C@@](CCCO[Si](C)(C)C(C)(C)C)(C(=O)OC(C)(C)C)CC1=O. The zero-order chi connectivity index (χ0) is 49.6. The lowest BCUT2D eigenvalue weighted by Crippen LogP contribution is -2.45. The fourth-order valence-corrected chi connectivity index (χ4v) is 9.92. The first-order chi connectivity index (χ1) is 29.6. The van der Waals surface area contributed by atoms with Crippen LogP contribution in [0.4, 0.5) is 4.39 Å². The largest absolute Gasteiger partial charge is 0.459 e. The maximum absolute atomic E-state index is 15.7. The molecule has 0 N–H and O–H groups in total. The third kappa shape index (κ3) is 14.5. The van der Waals surface area contributed by atoms with Crippen LogP contribution in [0.3, 0.4) is 0 Å². The molecular weight excluding hydrogens is 856 g/mol. The second kappa shape index (κ2) is 21.3. The Labute approximate surface area is 394 Å². The lowest BCUT2D eigenvalue weighted by atomic mass is 9.80. The van der Waals surface area contributed by atoms with Crippen molar-refractivity contribution in [1.82, 2.24) is 9.80 Å². The minimum absolute atomic E-state index is 0.00192. The highest BCUT2D eigenvalue weighted by molar-refractivity contribution is 6.74. The number of hydrogen-bond acceptors (Lipinski definition) is 8. The topological polar surface area (TPSA) is 112 Å². The van der Waals surface area contributed by atoms with Crippen LogP contribution >= 0.6 is 0 Å². The van der Waals surface area contributed by atoms with Gasteiger partial charge in [0.1, 0.15) is 16.6 Å². The third-order valence-corrected chi connectivity index (χ3v) is 23.0. The maximum atomic E-state index is 15.7. The van der Waals surface area contributed by atoms with Crippen molar-refractivity contribution in [2.75, 3.05) is 26.3 Å². The molecule has 13 heteroatoms. The number of benzene rings is 2. The molecule has 1 unspecified atom stereocenters. The van der Waals surface area contributed by atoms with E-state index in [-0.39, 0.29) is 53.4 Å². The van der Waals surface area contributed by atoms with Crippen LogP contribution in [0.5, 0.6) is 0 Å². The van der Waals surface area contributed by atoms with E-state index in [4.69, 9.17) is 18.3 Å². The number of ether oxygens (including phenoxy) is 2. The van der Waals surface area contributed by atoms with Crippen molar-refractivity contribution < 1.29 is 41.9 Å². The van der Waals surface area contributed by atoms with E-state index in [1.807, 2.05) is 100 Å². The van der Waals surface area contributed by atoms with Crippen molar-refractivity contribution >= 4 is 40.4 Å². The number of nitrogens with zero attached hydrogens (tertiary/aromatic N) is 2. The van der Waals surface area contributed by atoms with E-state index in [0.717, 1.165) is 17.5 Å². The predicted octanol–water partition coefficient (Wildman–Crippen LogP) is 12.2. The van der Waals surface area contributed by atoms with E-state index in [9.17, 15) is 19.2 Å². The predicted molar refractivity (Wildman–Crippen MR) is 264 cm³/mol. The normalized spacial score (nSPS) is 22.0. The van der Waals surface area contributed by atoms with E-state index in [0.29, 0.717) is 32.6 Å². The standard InChI is InChI=1S/C26H42FNO4Si.C26H43NO4Si/c1-19(20-14-11-10-12-15-20)28-18-26(21(27)22(28)29,23(30)32-24(2,3)4)16-13-17-31-33(8,9)25(5,6)7;1-20(21-14-11-10-12-15-21)27-19-26(18-22(27)28,23(29)31-24(2,3)4)16-13-17-30-32(8,9)25(5,6)7/h10-12,14-15,19,21H,13,16-18H2,1-9H3;10-12,14-15,20H,13,16-19H2,1-9H3/t19-,21?,26-;20-,26+/m11/s1. The Balaban J connectivity index is 0.000000345. The highest BCUT2D eigenvalue weighted by Gasteiger charge is 2.60. The van der Waals surface area contributed by atoms with Gasteiger partial charge < -0.3 is 28.1 Å². The molecule has 0 saturated carbocycles. The summed E-state index contributed by atoms with van der Waals surface area (Å²) in [6, 6.07) is 19.0. The summed E-state index contributed by atoms with van der Waals surface area (Å²) >= 11 is 0.